The number of anilines is 2. The molecule has 0 aliphatic carbocycles. The number of aryl methyl sites for hydroxylation is 2. The number of halogens is 1. The van der Waals surface area contributed by atoms with E-state index in [1.807, 2.05) is 55.5 Å². The van der Waals surface area contributed by atoms with E-state index < -0.39 is 0 Å². The van der Waals surface area contributed by atoms with Crippen LogP contribution in [0.2, 0.25) is 0 Å². The van der Waals surface area contributed by atoms with Gasteiger partial charge in [-0.1, -0.05) is 48.7 Å². The molecule has 32 heavy (non-hydrogen) atoms. The van der Waals surface area contributed by atoms with Crippen LogP contribution in [0, 0.1) is 25.1 Å². The predicted octanol–water partition coefficient (Wildman–Crippen LogP) is 7.58. The van der Waals surface area contributed by atoms with Crippen molar-refractivity contribution in [1.29, 1.82) is 0 Å². The van der Waals surface area contributed by atoms with Gasteiger partial charge in [-0.05, 0) is 87.1 Å². The predicted molar refractivity (Wildman–Crippen MR) is 132 cm³/mol. The van der Waals surface area contributed by atoms with E-state index in [1.54, 1.807) is 0 Å². The van der Waals surface area contributed by atoms with Crippen LogP contribution in [0.5, 0.6) is 5.75 Å². The van der Waals surface area contributed by atoms with Gasteiger partial charge in [0.1, 0.15) is 11.6 Å². The standard InChI is InChI=1S/C29H32FNO/c1-5-20-32-26-16-12-24(13-17-26)29(4,6-2)19-7-8-23-11-18-27(30)28(21-23)31-25-14-9-22(3)10-15-25/h2,9-18,21,31H,5,7-8,19-20H2,1,3-4H3. The summed E-state index contributed by atoms with van der Waals surface area (Å²) in [6, 6.07) is 21.3. The topological polar surface area (TPSA) is 21.3 Å². The molecule has 3 aromatic rings. The van der Waals surface area contributed by atoms with Gasteiger partial charge < -0.3 is 10.1 Å². The number of nitrogens with one attached hydrogen (secondary N) is 1. The zero-order valence-electron chi connectivity index (χ0n) is 19.2. The largest absolute Gasteiger partial charge is 0.494 e. The zero-order valence-corrected chi connectivity index (χ0v) is 19.2. The molecule has 3 rings (SSSR count). The average molecular weight is 430 g/mol. The molecule has 1 N–H and O–H groups in total. The first-order chi connectivity index (χ1) is 15.4. The van der Waals surface area contributed by atoms with Gasteiger partial charge in [0.2, 0.25) is 0 Å². The van der Waals surface area contributed by atoms with E-state index in [2.05, 4.69) is 37.2 Å². The molecular weight excluding hydrogens is 397 g/mol. The van der Waals surface area contributed by atoms with E-state index in [9.17, 15) is 4.39 Å². The lowest BCUT2D eigenvalue weighted by atomic mass is 9.78. The van der Waals surface area contributed by atoms with Crippen molar-refractivity contribution in [2.75, 3.05) is 11.9 Å². The first-order valence-electron chi connectivity index (χ1n) is 11.3. The Morgan fingerprint density at radius 3 is 2.41 bits per heavy atom. The van der Waals surface area contributed by atoms with Crippen LogP contribution >= 0.6 is 0 Å². The smallest absolute Gasteiger partial charge is 0.146 e. The molecule has 2 nitrogen and oxygen atoms in total. The van der Waals surface area contributed by atoms with Gasteiger partial charge in [-0.15, -0.1) is 6.42 Å². The van der Waals surface area contributed by atoms with Crippen LogP contribution in [0.3, 0.4) is 0 Å². The van der Waals surface area contributed by atoms with Crippen molar-refractivity contribution >= 4 is 11.4 Å². The molecule has 0 aliphatic rings. The zero-order chi connectivity index (χ0) is 23.0. The first kappa shape index (κ1) is 23.4. The Morgan fingerprint density at radius 2 is 1.75 bits per heavy atom. The maximum absolute atomic E-state index is 14.3. The quantitative estimate of drug-likeness (QED) is 0.335. The van der Waals surface area contributed by atoms with Gasteiger partial charge >= 0.3 is 0 Å². The summed E-state index contributed by atoms with van der Waals surface area (Å²) >= 11 is 0. The number of terminal acetylenes is 1. The molecule has 1 unspecified atom stereocenters. The average Bonchev–Trinajstić information content (AvgIpc) is 2.81. The third kappa shape index (κ3) is 6.14. The summed E-state index contributed by atoms with van der Waals surface area (Å²) in [6.45, 7) is 6.93. The van der Waals surface area contributed by atoms with Crippen molar-refractivity contribution in [3.63, 3.8) is 0 Å². The SMILES string of the molecule is C#CC(C)(CCCc1ccc(F)c(Nc2ccc(C)cc2)c1)c1ccc(OCCC)cc1. The fourth-order valence-corrected chi connectivity index (χ4v) is 3.70. The molecule has 0 aromatic heterocycles. The molecule has 0 saturated carbocycles. The summed E-state index contributed by atoms with van der Waals surface area (Å²) in [6.07, 6.45) is 9.50. The van der Waals surface area contributed by atoms with Crippen LogP contribution in [-0.2, 0) is 11.8 Å². The fraction of sp³-hybridized carbons (Fsp3) is 0.310. The lowest BCUT2D eigenvalue weighted by molar-refractivity contribution is 0.317. The Morgan fingerprint density at radius 1 is 1.03 bits per heavy atom. The summed E-state index contributed by atoms with van der Waals surface area (Å²) in [7, 11) is 0. The Hall–Kier alpha value is -3.25. The third-order valence-corrected chi connectivity index (χ3v) is 5.79. The molecule has 3 heteroatoms. The van der Waals surface area contributed by atoms with E-state index in [-0.39, 0.29) is 11.2 Å². The normalized spacial score (nSPS) is 12.6. The van der Waals surface area contributed by atoms with Gasteiger partial charge in [0, 0.05) is 5.69 Å². The minimum absolute atomic E-state index is 0.256. The Balaban J connectivity index is 1.63. The Bertz CT molecular complexity index is 1050. The van der Waals surface area contributed by atoms with Crippen LogP contribution in [0.1, 0.15) is 49.8 Å². The summed E-state index contributed by atoms with van der Waals surface area (Å²) in [5, 5.41) is 3.18. The molecule has 0 spiro atoms. The summed E-state index contributed by atoms with van der Waals surface area (Å²) < 4.78 is 20.0. The maximum atomic E-state index is 14.3. The van der Waals surface area contributed by atoms with E-state index in [1.165, 1.54) is 11.6 Å². The highest BCUT2D eigenvalue weighted by atomic mass is 19.1. The lowest BCUT2D eigenvalue weighted by Crippen LogP contribution is -2.19. The highest BCUT2D eigenvalue weighted by Gasteiger charge is 2.23. The van der Waals surface area contributed by atoms with E-state index in [4.69, 9.17) is 11.2 Å². The number of benzene rings is 3. The minimum atomic E-state index is -0.355. The monoisotopic (exact) mass is 429 g/mol. The lowest BCUT2D eigenvalue weighted by Gasteiger charge is -2.24. The second-order valence-electron chi connectivity index (χ2n) is 8.51. The second-order valence-corrected chi connectivity index (χ2v) is 8.51. The van der Waals surface area contributed by atoms with Gasteiger partial charge in [-0.3, -0.25) is 0 Å². The molecule has 3 aromatic carbocycles. The van der Waals surface area contributed by atoms with E-state index in [0.29, 0.717) is 12.3 Å². The van der Waals surface area contributed by atoms with E-state index in [0.717, 1.165) is 48.2 Å². The van der Waals surface area contributed by atoms with Crippen molar-refractivity contribution in [1.82, 2.24) is 0 Å². The third-order valence-electron chi connectivity index (χ3n) is 5.79. The van der Waals surface area contributed by atoms with Crippen molar-refractivity contribution in [2.24, 2.45) is 0 Å². The maximum Gasteiger partial charge on any atom is 0.146 e. The number of hydrogen-bond acceptors (Lipinski definition) is 2. The fourth-order valence-electron chi connectivity index (χ4n) is 3.70. The molecule has 0 radical (unpaired) electrons. The molecule has 0 heterocycles. The number of rotatable bonds is 10. The van der Waals surface area contributed by atoms with Gasteiger partial charge in [0.15, 0.2) is 0 Å². The molecular formula is C29H32FNO. The van der Waals surface area contributed by atoms with Crippen molar-refractivity contribution in [3.8, 4) is 18.1 Å². The van der Waals surface area contributed by atoms with Crippen LogP contribution < -0.4 is 10.1 Å². The van der Waals surface area contributed by atoms with Crippen LogP contribution in [0.4, 0.5) is 15.8 Å². The molecule has 1 atom stereocenters. The van der Waals surface area contributed by atoms with Crippen molar-refractivity contribution < 1.29 is 9.13 Å². The molecule has 0 bridgehead atoms. The molecule has 0 amide bonds. The van der Waals surface area contributed by atoms with Gasteiger partial charge in [-0.25, -0.2) is 4.39 Å². The highest BCUT2D eigenvalue weighted by molar-refractivity contribution is 5.61. The molecule has 0 aliphatic heterocycles. The molecule has 0 saturated heterocycles. The Kier molecular flexibility index (Phi) is 7.95. The first-order valence-corrected chi connectivity index (χ1v) is 11.3. The summed E-state index contributed by atoms with van der Waals surface area (Å²) in [4.78, 5) is 0. The minimum Gasteiger partial charge on any atom is -0.494 e. The van der Waals surface area contributed by atoms with Gasteiger partial charge in [-0.2, -0.15) is 0 Å². The molecule has 0 fully saturated rings. The van der Waals surface area contributed by atoms with E-state index >= 15 is 0 Å². The highest BCUT2D eigenvalue weighted by Crippen LogP contribution is 2.31. The second kappa shape index (κ2) is 10.9. The number of ether oxygens (including phenoxy) is 1. The summed E-state index contributed by atoms with van der Waals surface area (Å²) in [5.41, 5.74) is 4.39. The van der Waals surface area contributed by atoms with Gasteiger partial charge in [0.05, 0.1) is 17.7 Å². The Labute approximate surface area is 191 Å². The van der Waals surface area contributed by atoms with Crippen LogP contribution in [-0.4, -0.2) is 6.61 Å². The molecule has 166 valence electrons. The van der Waals surface area contributed by atoms with Gasteiger partial charge in [0.25, 0.3) is 0 Å². The van der Waals surface area contributed by atoms with Crippen LogP contribution in [0.25, 0.3) is 0 Å². The van der Waals surface area contributed by atoms with Crippen LogP contribution in [0.15, 0.2) is 66.7 Å². The summed E-state index contributed by atoms with van der Waals surface area (Å²) in [5.74, 6) is 3.60. The van der Waals surface area contributed by atoms with Crippen molar-refractivity contribution in [3.05, 3.63) is 89.2 Å². The van der Waals surface area contributed by atoms with Crippen molar-refractivity contribution in [2.45, 2.75) is 51.9 Å². The number of hydrogen-bond donors (Lipinski definition) is 1.